The molecule has 2 N–H and O–H groups in total. The first-order valence-electron chi connectivity index (χ1n) is 14.3. The van der Waals surface area contributed by atoms with E-state index in [1.165, 1.54) is 61.1 Å². The maximum Gasteiger partial charge on any atom is 0.220 e. The number of hydrogen-bond donors (Lipinski definition) is 2. The molecule has 1 aromatic rings. The predicted molar refractivity (Wildman–Crippen MR) is 144 cm³/mol. The predicted octanol–water partition coefficient (Wildman–Crippen LogP) is 7.31. The standard InChI is InChI=1S/C31H42FN3O/c1-3-7-26(34-30(36)17-10-22-8-5-4-6-9-22)18-23-11-12-24-19-29-28(21(2)31(23)24)20-33-35(29)27-15-13-25(32)14-16-27/h13-16,19-23,26,33H,3-12,17-18H2,1-2H3,(H,34,36)/t21-,23+,26?/m0/s1. The summed E-state index contributed by atoms with van der Waals surface area (Å²) in [4.78, 5) is 12.9. The minimum absolute atomic E-state index is 0.219. The molecule has 1 saturated carbocycles. The number of halogens is 1. The first-order chi connectivity index (χ1) is 17.5. The zero-order chi connectivity index (χ0) is 25.1. The van der Waals surface area contributed by atoms with Crippen molar-refractivity contribution in [2.24, 2.45) is 17.8 Å². The summed E-state index contributed by atoms with van der Waals surface area (Å²) >= 11 is 0. The smallest absolute Gasteiger partial charge is 0.220 e. The Morgan fingerprint density at radius 1 is 1.17 bits per heavy atom. The first-order valence-corrected chi connectivity index (χ1v) is 14.3. The molecule has 1 amide bonds. The Balaban J connectivity index is 1.24. The number of carbonyl (C=O) groups excluding carboxylic acids is 1. The van der Waals surface area contributed by atoms with Crippen molar-refractivity contribution in [1.29, 1.82) is 0 Å². The van der Waals surface area contributed by atoms with E-state index in [4.69, 9.17) is 0 Å². The van der Waals surface area contributed by atoms with Gasteiger partial charge in [-0.3, -0.25) is 9.80 Å². The molecule has 1 heterocycles. The third-order valence-corrected chi connectivity index (χ3v) is 8.86. The molecule has 0 saturated heterocycles. The van der Waals surface area contributed by atoms with Gasteiger partial charge < -0.3 is 10.7 Å². The van der Waals surface area contributed by atoms with Gasteiger partial charge in [0.05, 0.1) is 11.4 Å². The average molecular weight is 492 g/mol. The molecule has 0 aromatic heterocycles. The molecule has 1 fully saturated rings. The number of hydrazine groups is 1. The molecule has 194 valence electrons. The molecule has 1 unspecified atom stereocenters. The van der Waals surface area contributed by atoms with Gasteiger partial charge in [-0.15, -0.1) is 0 Å². The molecule has 0 spiro atoms. The maximum absolute atomic E-state index is 13.5. The van der Waals surface area contributed by atoms with Crippen LogP contribution in [0.3, 0.4) is 0 Å². The number of fused-ring (bicyclic) bond motifs is 1. The van der Waals surface area contributed by atoms with Crippen LogP contribution in [0.2, 0.25) is 0 Å². The highest BCUT2D eigenvalue weighted by atomic mass is 19.1. The maximum atomic E-state index is 13.5. The molecular weight excluding hydrogens is 449 g/mol. The molecule has 0 bridgehead atoms. The lowest BCUT2D eigenvalue weighted by Gasteiger charge is -2.31. The van der Waals surface area contributed by atoms with Gasteiger partial charge in [-0.2, -0.15) is 0 Å². The summed E-state index contributed by atoms with van der Waals surface area (Å²) < 4.78 is 13.5. The Morgan fingerprint density at radius 3 is 2.69 bits per heavy atom. The largest absolute Gasteiger partial charge is 0.353 e. The number of hydrogen-bond acceptors (Lipinski definition) is 3. The lowest BCUT2D eigenvalue weighted by molar-refractivity contribution is -0.122. The van der Waals surface area contributed by atoms with Crippen LogP contribution in [0, 0.1) is 23.6 Å². The molecule has 4 aliphatic rings. The topological polar surface area (TPSA) is 44.4 Å². The SMILES string of the molecule is CCCC(C[C@H]1CCC2=C1[C@@H](C)C1=CNN(c3ccc(F)cc3)C1=C2)NC(=O)CCC1CCCCC1. The van der Waals surface area contributed by atoms with Crippen LogP contribution in [0.25, 0.3) is 0 Å². The van der Waals surface area contributed by atoms with E-state index in [9.17, 15) is 9.18 Å². The van der Waals surface area contributed by atoms with E-state index in [0.717, 1.165) is 50.1 Å². The van der Waals surface area contributed by atoms with E-state index in [1.807, 2.05) is 12.1 Å². The number of anilines is 1. The summed E-state index contributed by atoms with van der Waals surface area (Å²) in [5, 5.41) is 5.50. The van der Waals surface area contributed by atoms with Gasteiger partial charge in [-0.1, -0.05) is 57.9 Å². The summed E-state index contributed by atoms with van der Waals surface area (Å²) in [7, 11) is 0. The summed E-state index contributed by atoms with van der Waals surface area (Å²) in [5.41, 5.74) is 9.83. The second kappa shape index (κ2) is 11.2. The Hall–Kier alpha value is -2.56. The highest BCUT2D eigenvalue weighted by Crippen LogP contribution is 2.49. The molecule has 0 radical (unpaired) electrons. The minimum atomic E-state index is -0.219. The van der Waals surface area contributed by atoms with Crippen molar-refractivity contribution in [2.75, 3.05) is 5.01 Å². The lowest BCUT2D eigenvalue weighted by Crippen LogP contribution is -2.37. The van der Waals surface area contributed by atoms with Crippen molar-refractivity contribution < 1.29 is 9.18 Å². The number of rotatable bonds is 9. The van der Waals surface area contributed by atoms with Crippen LogP contribution < -0.4 is 15.8 Å². The number of benzene rings is 1. The summed E-state index contributed by atoms with van der Waals surface area (Å²) in [6.45, 7) is 4.54. The van der Waals surface area contributed by atoms with Gasteiger partial charge in [-0.25, -0.2) is 4.39 Å². The Kier molecular flexibility index (Phi) is 7.83. The van der Waals surface area contributed by atoms with E-state index in [1.54, 1.807) is 5.57 Å². The lowest BCUT2D eigenvalue weighted by atomic mass is 9.78. The van der Waals surface area contributed by atoms with Crippen LogP contribution in [0.15, 0.2) is 59.0 Å². The number of nitrogens with zero attached hydrogens (tertiary/aromatic N) is 1. The van der Waals surface area contributed by atoms with Gasteiger partial charge in [0, 0.05) is 30.2 Å². The van der Waals surface area contributed by atoms with Crippen LogP contribution in [0.4, 0.5) is 10.1 Å². The second-order valence-corrected chi connectivity index (χ2v) is 11.3. The monoisotopic (exact) mass is 491 g/mol. The molecule has 3 aliphatic carbocycles. The van der Waals surface area contributed by atoms with E-state index in [-0.39, 0.29) is 17.8 Å². The third-order valence-electron chi connectivity index (χ3n) is 8.86. The van der Waals surface area contributed by atoms with Gasteiger partial charge in [0.25, 0.3) is 0 Å². The van der Waals surface area contributed by atoms with E-state index in [2.05, 4.69) is 41.9 Å². The highest BCUT2D eigenvalue weighted by Gasteiger charge is 2.38. The van der Waals surface area contributed by atoms with Gasteiger partial charge in [0.2, 0.25) is 5.91 Å². The van der Waals surface area contributed by atoms with Crippen molar-refractivity contribution >= 4 is 11.6 Å². The van der Waals surface area contributed by atoms with Crippen molar-refractivity contribution in [3.8, 4) is 0 Å². The zero-order valence-corrected chi connectivity index (χ0v) is 22.0. The van der Waals surface area contributed by atoms with Crippen molar-refractivity contribution in [3.05, 3.63) is 64.8 Å². The molecule has 5 rings (SSSR count). The van der Waals surface area contributed by atoms with E-state index >= 15 is 0 Å². The molecule has 1 aromatic carbocycles. The van der Waals surface area contributed by atoms with Crippen LogP contribution >= 0.6 is 0 Å². The average Bonchev–Trinajstić information content (AvgIpc) is 3.49. The Morgan fingerprint density at radius 2 is 1.94 bits per heavy atom. The van der Waals surface area contributed by atoms with Crippen molar-refractivity contribution in [2.45, 2.75) is 96.9 Å². The highest BCUT2D eigenvalue weighted by molar-refractivity contribution is 5.76. The van der Waals surface area contributed by atoms with Gasteiger partial charge >= 0.3 is 0 Å². The minimum Gasteiger partial charge on any atom is -0.353 e. The van der Waals surface area contributed by atoms with Gasteiger partial charge in [-0.05, 0) is 79.9 Å². The molecule has 36 heavy (non-hydrogen) atoms. The summed E-state index contributed by atoms with van der Waals surface area (Å²) in [5.74, 6) is 1.65. The molecule has 1 aliphatic heterocycles. The van der Waals surface area contributed by atoms with E-state index < -0.39 is 0 Å². The van der Waals surface area contributed by atoms with Crippen molar-refractivity contribution in [1.82, 2.24) is 10.7 Å². The fourth-order valence-corrected chi connectivity index (χ4v) is 7.01. The zero-order valence-electron chi connectivity index (χ0n) is 22.0. The van der Waals surface area contributed by atoms with Crippen LogP contribution in [0.5, 0.6) is 0 Å². The van der Waals surface area contributed by atoms with Crippen LogP contribution in [0.1, 0.15) is 90.9 Å². The van der Waals surface area contributed by atoms with Crippen LogP contribution in [-0.2, 0) is 4.79 Å². The van der Waals surface area contributed by atoms with Gasteiger partial charge in [0.1, 0.15) is 5.82 Å². The fourth-order valence-electron chi connectivity index (χ4n) is 7.01. The third kappa shape index (κ3) is 5.40. The number of allylic oxidation sites excluding steroid dienone is 4. The molecule has 4 nitrogen and oxygen atoms in total. The normalized spacial score (nSPS) is 24.6. The summed E-state index contributed by atoms with van der Waals surface area (Å²) in [6.07, 6.45) is 18.3. The second-order valence-electron chi connectivity index (χ2n) is 11.3. The Bertz CT molecular complexity index is 1030. The van der Waals surface area contributed by atoms with Gasteiger partial charge in [0.15, 0.2) is 0 Å². The Labute approximate surface area is 216 Å². The first kappa shape index (κ1) is 25.1. The summed E-state index contributed by atoms with van der Waals surface area (Å²) in [6, 6.07) is 6.91. The number of nitrogens with one attached hydrogen (secondary N) is 2. The number of amides is 1. The van der Waals surface area contributed by atoms with Crippen molar-refractivity contribution in [3.63, 3.8) is 0 Å². The fraction of sp³-hybridized carbons (Fsp3) is 0.581. The quantitative estimate of drug-likeness (QED) is 0.381. The molecular formula is C31H42FN3O. The van der Waals surface area contributed by atoms with E-state index in [0.29, 0.717) is 18.3 Å². The van der Waals surface area contributed by atoms with Crippen LogP contribution in [-0.4, -0.2) is 11.9 Å². The molecule has 5 heteroatoms. The number of carbonyl (C=O) groups is 1. The molecule has 3 atom stereocenters.